The predicted octanol–water partition coefficient (Wildman–Crippen LogP) is 2.79. The zero-order valence-electron chi connectivity index (χ0n) is 8.05. The van der Waals surface area contributed by atoms with Crippen LogP contribution < -0.4 is 0 Å². The van der Waals surface area contributed by atoms with Gasteiger partial charge in [-0.2, -0.15) is 12.6 Å². The van der Waals surface area contributed by atoms with Crippen molar-refractivity contribution in [1.82, 2.24) is 0 Å². The molecule has 0 radical (unpaired) electrons. The van der Waals surface area contributed by atoms with E-state index >= 15 is 0 Å². The van der Waals surface area contributed by atoms with Crippen molar-refractivity contribution in [3.8, 4) is 0 Å². The van der Waals surface area contributed by atoms with Gasteiger partial charge in [-0.25, -0.2) is 0 Å². The van der Waals surface area contributed by atoms with Crippen molar-refractivity contribution in [2.75, 3.05) is 12.4 Å². The van der Waals surface area contributed by atoms with E-state index in [2.05, 4.69) is 39.6 Å². The van der Waals surface area contributed by atoms with Crippen molar-refractivity contribution in [2.24, 2.45) is 5.92 Å². The number of thiol groups is 1. The molecule has 1 nitrogen and oxygen atoms in total. The summed E-state index contributed by atoms with van der Waals surface area (Å²) in [6, 6.07) is 1.23. The molecular formula is C8H20OSSi. The first-order valence-corrected chi connectivity index (χ1v) is 8.01. The summed E-state index contributed by atoms with van der Waals surface area (Å²) in [6.45, 7) is 9.71. The van der Waals surface area contributed by atoms with Crippen LogP contribution in [-0.2, 0) is 4.43 Å². The molecule has 0 aliphatic rings. The van der Waals surface area contributed by atoms with Crippen LogP contribution in [0.15, 0.2) is 0 Å². The van der Waals surface area contributed by atoms with Gasteiger partial charge in [-0.1, -0.05) is 6.92 Å². The minimum Gasteiger partial charge on any atom is -0.418 e. The molecule has 0 saturated carbocycles. The Morgan fingerprint density at radius 3 is 2.36 bits per heavy atom. The van der Waals surface area contributed by atoms with Crippen LogP contribution in [0.4, 0.5) is 0 Å². The Labute approximate surface area is 77.1 Å². The van der Waals surface area contributed by atoms with Gasteiger partial charge < -0.3 is 4.43 Å². The molecule has 1 atom stereocenters. The summed E-state index contributed by atoms with van der Waals surface area (Å²) in [5.74, 6) is 1.68. The van der Waals surface area contributed by atoms with Gasteiger partial charge in [0.15, 0.2) is 8.32 Å². The smallest absolute Gasteiger partial charge is 0.186 e. The molecular weight excluding hydrogens is 172 g/mol. The summed E-state index contributed by atoms with van der Waals surface area (Å²) in [5.41, 5.74) is 0. The summed E-state index contributed by atoms with van der Waals surface area (Å²) in [5, 5.41) is 0. The van der Waals surface area contributed by atoms with E-state index in [-0.39, 0.29) is 0 Å². The fourth-order valence-corrected chi connectivity index (χ4v) is 4.45. The molecule has 0 saturated heterocycles. The molecule has 0 bridgehead atoms. The normalized spacial score (nSPS) is 15.0. The molecule has 0 amide bonds. The summed E-state index contributed by atoms with van der Waals surface area (Å²) in [6.07, 6.45) is 0. The third-order valence-corrected chi connectivity index (χ3v) is 5.06. The Bertz CT molecular complexity index is 106. The second-order valence-electron chi connectivity index (χ2n) is 3.68. The second kappa shape index (κ2) is 5.22. The maximum atomic E-state index is 5.71. The van der Waals surface area contributed by atoms with E-state index in [1.54, 1.807) is 0 Å². The average Bonchev–Trinajstić information content (AvgIpc) is 1.86. The molecule has 0 aliphatic heterocycles. The lowest BCUT2D eigenvalue weighted by molar-refractivity contribution is 0.325. The van der Waals surface area contributed by atoms with Crippen LogP contribution in [0.2, 0.25) is 19.1 Å². The highest BCUT2D eigenvalue weighted by molar-refractivity contribution is 7.80. The molecule has 11 heavy (non-hydrogen) atoms. The predicted molar refractivity (Wildman–Crippen MR) is 56.9 cm³/mol. The fourth-order valence-electron chi connectivity index (χ4n) is 1.35. The minimum absolute atomic E-state index is 0.701. The quantitative estimate of drug-likeness (QED) is 0.520. The minimum atomic E-state index is -1.34. The third kappa shape index (κ3) is 5.76. The highest BCUT2D eigenvalue weighted by Gasteiger charge is 2.23. The summed E-state index contributed by atoms with van der Waals surface area (Å²) in [7, 11) is -1.34. The number of hydrogen-bond donors (Lipinski definition) is 1. The van der Waals surface area contributed by atoms with Gasteiger partial charge in [-0.15, -0.1) is 0 Å². The van der Waals surface area contributed by atoms with Gasteiger partial charge in [0.05, 0.1) is 0 Å². The third-order valence-electron chi connectivity index (χ3n) is 1.69. The van der Waals surface area contributed by atoms with Crippen molar-refractivity contribution < 1.29 is 4.43 Å². The van der Waals surface area contributed by atoms with Gasteiger partial charge >= 0.3 is 0 Å². The maximum Gasteiger partial charge on any atom is 0.186 e. The van der Waals surface area contributed by atoms with Crippen LogP contribution in [0.1, 0.15) is 13.8 Å². The molecule has 0 aromatic rings. The van der Waals surface area contributed by atoms with Crippen LogP contribution in [0.25, 0.3) is 0 Å². The zero-order chi connectivity index (χ0) is 8.91. The van der Waals surface area contributed by atoms with Crippen LogP contribution in [0.3, 0.4) is 0 Å². The average molecular weight is 192 g/mol. The Hall–Kier alpha value is 0.527. The molecule has 1 unspecified atom stereocenters. The van der Waals surface area contributed by atoms with Gasteiger partial charge in [0.2, 0.25) is 0 Å². The Kier molecular flexibility index (Phi) is 5.47. The molecule has 0 aromatic heterocycles. The van der Waals surface area contributed by atoms with E-state index in [1.807, 2.05) is 0 Å². The van der Waals surface area contributed by atoms with E-state index in [9.17, 15) is 0 Å². The van der Waals surface area contributed by atoms with E-state index < -0.39 is 8.32 Å². The van der Waals surface area contributed by atoms with Gasteiger partial charge in [0.1, 0.15) is 0 Å². The Morgan fingerprint density at radius 2 is 2.00 bits per heavy atom. The van der Waals surface area contributed by atoms with E-state index in [0.717, 1.165) is 12.4 Å². The Morgan fingerprint density at radius 1 is 1.45 bits per heavy atom. The topological polar surface area (TPSA) is 9.23 Å². The fraction of sp³-hybridized carbons (Fsp3) is 1.00. The van der Waals surface area contributed by atoms with Crippen LogP contribution in [-0.4, -0.2) is 20.7 Å². The number of rotatable bonds is 5. The first kappa shape index (κ1) is 11.5. The second-order valence-corrected chi connectivity index (χ2v) is 8.27. The summed E-state index contributed by atoms with van der Waals surface area (Å²) >= 11 is 4.26. The van der Waals surface area contributed by atoms with E-state index in [4.69, 9.17) is 4.43 Å². The van der Waals surface area contributed by atoms with Crippen molar-refractivity contribution >= 4 is 20.9 Å². The highest BCUT2D eigenvalue weighted by Crippen LogP contribution is 2.18. The summed E-state index contributed by atoms with van der Waals surface area (Å²) < 4.78 is 5.71. The summed E-state index contributed by atoms with van der Waals surface area (Å²) in [4.78, 5) is 0. The zero-order valence-corrected chi connectivity index (χ0v) is 9.95. The van der Waals surface area contributed by atoms with Gasteiger partial charge in [-0.05, 0) is 37.7 Å². The van der Waals surface area contributed by atoms with Crippen molar-refractivity contribution in [1.29, 1.82) is 0 Å². The van der Waals surface area contributed by atoms with Gasteiger partial charge in [0.25, 0.3) is 0 Å². The number of hydrogen-bond acceptors (Lipinski definition) is 2. The van der Waals surface area contributed by atoms with E-state index in [0.29, 0.717) is 5.92 Å². The molecule has 0 rings (SSSR count). The lowest BCUT2D eigenvalue weighted by Gasteiger charge is -2.24. The first-order valence-electron chi connectivity index (χ1n) is 4.26. The largest absolute Gasteiger partial charge is 0.418 e. The molecule has 0 aromatic carbocycles. The molecule has 0 heterocycles. The molecule has 3 heteroatoms. The first-order chi connectivity index (χ1) is 5.02. The van der Waals surface area contributed by atoms with E-state index in [1.165, 1.54) is 6.04 Å². The molecule has 0 N–H and O–H groups in total. The molecule has 0 spiro atoms. The van der Waals surface area contributed by atoms with Gasteiger partial charge in [0, 0.05) is 6.61 Å². The van der Waals surface area contributed by atoms with Gasteiger partial charge in [-0.3, -0.25) is 0 Å². The standard InChI is InChI=1S/C8H20OSSi/c1-5-9-11(3,4)7-8(2)6-10/h8,10H,5-7H2,1-4H3. The maximum absolute atomic E-state index is 5.71. The lowest BCUT2D eigenvalue weighted by atomic mass is 10.3. The van der Waals surface area contributed by atoms with Crippen LogP contribution in [0, 0.1) is 5.92 Å². The van der Waals surface area contributed by atoms with Crippen molar-refractivity contribution in [2.45, 2.75) is 33.0 Å². The molecule has 0 fully saturated rings. The van der Waals surface area contributed by atoms with Crippen LogP contribution >= 0.6 is 12.6 Å². The monoisotopic (exact) mass is 192 g/mol. The van der Waals surface area contributed by atoms with Crippen molar-refractivity contribution in [3.63, 3.8) is 0 Å². The molecule has 68 valence electrons. The Balaban J connectivity index is 3.70. The lowest BCUT2D eigenvalue weighted by Crippen LogP contribution is -2.32. The van der Waals surface area contributed by atoms with Crippen molar-refractivity contribution in [3.05, 3.63) is 0 Å². The molecule has 0 aliphatic carbocycles. The highest BCUT2D eigenvalue weighted by atomic mass is 32.1. The SMILES string of the molecule is CCO[Si](C)(C)CC(C)CS. The van der Waals surface area contributed by atoms with Crippen LogP contribution in [0.5, 0.6) is 0 Å².